The van der Waals surface area contributed by atoms with E-state index in [4.69, 9.17) is 4.74 Å². The third-order valence-electron chi connectivity index (χ3n) is 4.98. The second-order valence-electron chi connectivity index (χ2n) is 6.56. The van der Waals surface area contributed by atoms with Crippen LogP contribution in [0.1, 0.15) is 50.2 Å². The van der Waals surface area contributed by atoms with Crippen LogP contribution in [0.2, 0.25) is 0 Å². The maximum absolute atomic E-state index is 12.9. The highest BCUT2D eigenvalue weighted by Crippen LogP contribution is 2.49. The second-order valence-corrected chi connectivity index (χ2v) is 6.56. The Hall–Kier alpha value is -1.56. The van der Waals surface area contributed by atoms with E-state index in [-0.39, 0.29) is 23.8 Å². The number of rotatable bonds is 8. The van der Waals surface area contributed by atoms with Crippen LogP contribution in [0.4, 0.5) is 13.2 Å². The predicted molar refractivity (Wildman–Crippen MR) is 90.3 cm³/mol. The van der Waals surface area contributed by atoms with Crippen LogP contribution < -0.4 is 0 Å². The monoisotopic (exact) mass is 357 g/mol. The molecule has 25 heavy (non-hydrogen) atoms. The van der Waals surface area contributed by atoms with Crippen molar-refractivity contribution >= 4 is 5.91 Å². The molecular weight excluding hydrogens is 331 g/mol. The standard InChI is InChI=1S/C19H26F3NO2/c1-4-15(5-2)23(10-11-25-3)18(24)17-12-16(17)13-6-8-14(9-7-13)19(20,21)22/h6-9,15-17H,4-5,10-12H2,1-3H3. The van der Waals surface area contributed by atoms with E-state index in [9.17, 15) is 18.0 Å². The van der Waals surface area contributed by atoms with Gasteiger partial charge in [0.15, 0.2) is 0 Å². The van der Waals surface area contributed by atoms with Gasteiger partial charge in [-0.2, -0.15) is 13.2 Å². The molecule has 0 aliphatic heterocycles. The number of benzene rings is 1. The molecule has 1 aliphatic carbocycles. The molecule has 0 aromatic heterocycles. The van der Waals surface area contributed by atoms with Gasteiger partial charge in [-0.25, -0.2) is 0 Å². The lowest BCUT2D eigenvalue weighted by atomic mass is 10.0. The van der Waals surface area contributed by atoms with Crippen LogP contribution in [0, 0.1) is 5.92 Å². The van der Waals surface area contributed by atoms with Gasteiger partial charge in [-0.15, -0.1) is 0 Å². The van der Waals surface area contributed by atoms with Crippen molar-refractivity contribution in [3.63, 3.8) is 0 Å². The second kappa shape index (κ2) is 8.21. The first kappa shape index (κ1) is 19.8. The summed E-state index contributed by atoms with van der Waals surface area (Å²) in [4.78, 5) is 14.8. The summed E-state index contributed by atoms with van der Waals surface area (Å²) < 4.78 is 43.1. The number of carbonyl (C=O) groups is 1. The number of alkyl halides is 3. The Bertz CT molecular complexity index is 567. The molecular formula is C19H26F3NO2. The molecule has 2 atom stereocenters. The van der Waals surface area contributed by atoms with E-state index in [1.54, 1.807) is 7.11 Å². The van der Waals surface area contributed by atoms with Gasteiger partial charge in [-0.1, -0.05) is 26.0 Å². The molecule has 1 aromatic carbocycles. The highest BCUT2D eigenvalue weighted by Gasteiger charge is 2.46. The average molecular weight is 357 g/mol. The molecule has 3 nitrogen and oxygen atoms in total. The Morgan fingerprint density at radius 3 is 2.32 bits per heavy atom. The fraction of sp³-hybridized carbons (Fsp3) is 0.632. The van der Waals surface area contributed by atoms with Crippen molar-refractivity contribution in [1.29, 1.82) is 0 Å². The van der Waals surface area contributed by atoms with Gasteiger partial charge in [0.25, 0.3) is 0 Å². The Kier molecular flexibility index (Phi) is 6.49. The van der Waals surface area contributed by atoms with E-state index in [0.717, 1.165) is 30.5 Å². The van der Waals surface area contributed by atoms with E-state index >= 15 is 0 Å². The van der Waals surface area contributed by atoms with Gasteiger partial charge in [0.1, 0.15) is 0 Å². The number of hydrogen-bond acceptors (Lipinski definition) is 2. The quantitative estimate of drug-likeness (QED) is 0.687. The number of ether oxygens (including phenoxy) is 1. The molecule has 0 spiro atoms. The van der Waals surface area contributed by atoms with Crippen LogP contribution >= 0.6 is 0 Å². The van der Waals surface area contributed by atoms with Crippen LogP contribution in [0.15, 0.2) is 24.3 Å². The summed E-state index contributed by atoms with van der Waals surface area (Å²) >= 11 is 0. The molecule has 2 rings (SSSR count). The van der Waals surface area contributed by atoms with E-state index in [0.29, 0.717) is 19.6 Å². The lowest BCUT2D eigenvalue weighted by Gasteiger charge is -2.30. The average Bonchev–Trinajstić information content (AvgIpc) is 3.38. The zero-order valence-corrected chi connectivity index (χ0v) is 15.0. The summed E-state index contributed by atoms with van der Waals surface area (Å²) in [5, 5.41) is 0. The summed E-state index contributed by atoms with van der Waals surface area (Å²) in [6, 6.07) is 5.36. The lowest BCUT2D eigenvalue weighted by Crippen LogP contribution is -2.42. The van der Waals surface area contributed by atoms with E-state index in [1.165, 1.54) is 12.1 Å². The molecule has 0 saturated heterocycles. The zero-order valence-electron chi connectivity index (χ0n) is 15.0. The molecule has 1 saturated carbocycles. The largest absolute Gasteiger partial charge is 0.416 e. The summed E-state index contributed by atoms with van der Waals surface area (Å²) in [5.74, 6) is -0.0148. The maximum Gasteiger partial charge on any atom is 0.416 e. The van der Waals surface area contributed by atoms with Crippen molar-refractivity contribution in [3.05, 3.63) is 35.4 Å². The molecule has 1 fully saturated rings. The molecule has 0 radical (unpaired) electrons. The number of nitrogens with zero attached hydrogens (tertiary/aromatic N) is 1. The fourth-order valence-electron chi connectivity index (χ4n) is 3.36. The minimum atomic E-state index is -4.33. The van der Waals surface area contributed by atoms with Gasteiger partial charge in [0, 0.05) is 25.6 Å². The molecule has 140 valence electrons. The molecule has 0 heterocycles. The predicted octanol–water partition coefficient (Wildman–Crippen LogP) is 4.47. The fourth-order valence-corrected chi connectivity index (χ4v) is 3.36. The third kappa shape index (κ3) is 4.75. The van der Waals surface area contributed by atoms with Crippen LogP contribution in [0.5, 0.6) is 0 Å². The summed E-state index contributed by atoms with van der Waals surface area (Å²) in [6.07, 6.45) is -1.87. The van der Waals surface area contributed by atoms with E-state index < -0.39 is 11.7 Å². The summed E-state index contributed by atoms with van der Waals surface area (Å²) in [7, 11) is 1.61. The smallest absolute Gasteiger partial charge is 0.383 e. The van der Waals surface area contributed by atoms with Gasteiger partial charge in [-0.05, 0) is 42.9 Å². The van der Waals surface area contributed by atoms with Crippen LogP contribution in [0.25, 0.3) is 0 Å². The maximum atomic E-state index is 12.9. The van der Waals surface area contributed by atoms with E-state index in [1.807, 2.05) is 4.90 Å². The SMILES string of the molecule is CCC(CC)N(CCOC)C(=O)C1CC1c1ccc(C(F)(F)F)cc1. The Morgan fingerprint density at radius 2 is 1.84 bits per heavy atom. The highest BCUT2D eigenvalue weighted by atomic mass is 19.4. The first-order valence-corrected chi connectivity index (χ1v) is 8.80. The molecule has 0 bridgehead atoms. The van der Waals surface area contributed by atoms with Crippen LogP contribution in [0.3, 0.4) is 0 Å². The van der Waals surface area contributed by atoms with Gasteiger partial charge >= 0.3 is 6.18 Å². The van der Waals surface area contributed by atoms with Gasteiger partial charge in [0.05, 0.1) is 12.2 Å². The number of amides is 1. The number of hydrogen-bond donors (Lipinski definition) is 0. The van der Waals surface area contributed by atoms with Gasteiger partial charge < -0.3 is 9.64 Å². The number of methoxy groups -OCH3 is 1. The highest BCUT2D eigenvalue weighted by molar-refractivity contribution is 5.83. The molecule has 0 N–H and O–H groups in total. The van der Waals surface area contributed by atoms with Gasteiger partial charge in [-0.3, -0.25) is 4.79 Å². The minimum absolute atomic E-state index is 0.0224. The summed E-state index contributed by atoms with van der Waals surface area (Å²) in [6.45, 7) is 5.15. The van der Waals surface area contributed by atoms with Crippen molar-refractivity contribution in [3.8, 4) is 0 Å². The number of carbonyl (C=O) groups excluding carboxylic acids is 1. The Labute approximate surface area is 147 Å². The van der Waals surface area contributed by atoms with Crippen molar-refractivity contribution in [2.75, 3.05) is 20.3 Å². The van der Waals surface area contributed by atoms with Crippen molar-refractivity contribution in [2.45, 2.75) is 51.2 Å². The molecule has 1 amide bonds. The summed E-state index contributed by atoms with van der Waals surface area (Å²) in [5.41, 5.74) is 0.154. The molecule has 6 heteroatoms. The Morgan fingerprint density at radius 1 is 1.24 bits per heavy atom. The normalized spacial score (nSPS) is 20.0. The lowest BCUT2D eigenvalue weighted by molar-refractivity contribution is -0.138. The topological polar surface area (TPSA) is 29.5 Å². The van der Waals surface area contributed by atoms with E-state index in [2.05, 4.69) is 13.8 Å². The first-order valence-electron chi connectivity index (χ1n) is 8.80. The first-order chi connectivity index (χ1) is 11.8. The van der Waals surface area contributed by atoms with Crippen LogP contribution in [-0.4, -0.2) is 37.1 Å². The number of halogens is 3. The van der Waals surface area contributed by atoms with Gasteiger partial charge in [0.2, 0.25) is 5.91 Å². The Balaban J connectivity index is 2.06. The molecule has 2 unspecified atom stereocenters. The molecule has 1 aliphatic rings. The molecule has 1 aromatic rings. The zero-order chi connectivity index (χ0) is 18.6. The third-order valence-corrected chi connectivity index (χ3v) is 4.98. The van der Waals surface area contributed by atoms with Crippen molar-refractivity contribution in [2.24, 2.45) is 5.92 Å². The van der Waals surface area contributed by atoms with Crippen molar-refractivity contribution < 1.29 is 22.7 Å². The minimum Gasteiger partial charge on any atom is -0.383 e. The van der Waals surface area contributed by atoms with Crippen LogP contribution in [-0.2, 0) is 15.7 Å². The van der Waals surface area contributed by atoms with Crippen molar-refractivity contribution in [1.82, 2.24) is 4.90 Å².